The van der Waals surface area contributed by atoms with Crippen molar-refractivity contribution in [3.63, 3.8) is 0 Å². The largest absolute Gasteiger partial charge is 0.491 e. The molecule has 2 N–H and O–H groups in total. The van der Waals surface area contributed by atoms with Gasteiger partial charge in [0.25, 0.3) is 5.69 Å². The SMILES string of the molecule is CCCCCCCCCCCOc1cc([N+](=O)[O-])ccc1N. The van der Waals surface area contributed by atoms with Crippen molar-refractivity contribution >= 4 is 11.4 Å². The van der Waals surface area contributed by atoms with E-state index in [-0.39, 0.29) is 5.69 Å². The smallest absolute Gasteiger partial charge is 0.273 e. The Hall–Kier alpha value is -1.78. The predicted molar refractivity (Wildman–Crippen MR) is 90.2 cm³/mol. The van der Waals surface area contributed by atoms with Gasteiger partial charge in [0.15, 0.2) is 0 Å². The molecule has 0 saturated heterocycles. The maximum absolute atomic E-state index is 10.7. The summed E-state index contributed by atoms with van der Waals surface area (Å²) in [6.07, 6.45) is 11.2. The molecule has 0 aliphatic rings. The highest BCUT2D eigenvalue weighted by Gasteiger charge is 2.09. The molecule has 0 heterocycles. The maximum atomic E-state index is 10.7. The third-order valence-electron chi connectivity index (χ3n) is 3.71. The normalized spacial score (nSPS) is 10.6. The summed E-state index contributed by atoms with van der Waals surface area (Å²) in [5, 5.41) is 10.7. The minimum Gasteiger partial charge on any atom is -0.491 e. The van der Waals surface area contributed by atoms with Gasteiger partial charge in [-0.05, 0) is 12.5 Å². The van der Waals surface area contributed by atoms with E-state index in [2.05, 4.69) is 6.92 Å². The fourth-order valence-electron chi connectivity index (χ4n) is 2.36. The standard InChI is InChI=1S/C17H28N2O3/c1-2-3-4-5-6-7-8-9-10-13-22-17-14-15(19(20)21)11-12-16(17)18/h11-12,14H,2-10,13,18H2,1H3. The average molecular weight is 308 g/mol. The highest BCUT2D eigenvalue weighted by molar-refractivity contribution is 5.57. The minimum absolute atomic E-state index is 0.0104. The molecule has 0 amide bonds. The lowest BCUT2D eigenvalue weighted by molar-refractivity contribution is -0.384. The van der Waals surface area contributed by atoms with Crippen LogP contribution in [0.1, 0.15) is 64.7 Å². The fourth-order valence-corrected chi connectivity index (χ4v) is 2.36. The minimum atomic E-state index is -0.440. The van der Waals surface area contributed by atoms with Crippen LogP contribution in [-0.4, -0.2) is 11.5 Å². The van der Waals surface area contributed by atoms with Gasteiger partial charge in [-0.3, -0.25) is 10.1 Å². The second-order valence-electron chi connectivity index (χ2n) is 5.66. The summed E-state index contributed by atoms with van der Waals surface area (Å²) < 4.78 is 5.56. The van der Waals surface area contributed by atoms with Crippen LogP contribution in [0.2, 0.25) is 0 Å². The Balaban J connectivity index is 2.12. The lowest BCUT2D eigenvalue weighted by atomic mass is 10.1. The summed E-state index contributed by atoms with van der Waals surface area (Å²) in [5.74, 6) is 0.411. The third-order valence-corrected chi connectivity index (χ3v) is 3.71. The van der Waals surface area contributed by atoms with E-state index >= 15 is 0 Å². The quantitative estimate of drug-likeness (QED) is 0.252. The van der Waals surface area contributed by atoms with Crippen LogP contribution in [0.25, 0.3) is 0 Å². The number of hydrogen-bond acceptors (Lipinski definition) is 4. The fraction of sp³-hybridized carbons (Fsp3) is 0.647. The van der Waals surface area contributed by atoms with Crippen LogP contribution in [0, 0.1) is 10.1 Å². The number of anilines is 1. The van der Waals surface area contributed by atoms with Crippen molar-refractivity contribution in [3.8, 4) is 5.75 Å². The van der Waals surface area contributed by atoms with E-state index < -0.39 is 4.92 Å². The Bertz CT molecular complexity index is 450. The van der Waals surface area contributed by atoms with Crippen LogP contribution < -0.4 is 10.5 Å². The Kier molecular flexibility index (Phi) is 9.03. The number of nitro benzene ring substituents is 1. The summed E-state index contributed by atoms with van der Waals surface area (Å²) in [6, 6.07) is 4.30. The van der Waals surface area contributed by atoms with Gasteiger partial charge in [-0.1, -0.05) is 58.3 Å². The number of unbranched alkanes of at least 4 members (excludes halogenated alkanes) is 8. The van der Waals surface area contributed by atoms with Crippen LogP contribution in [-0.2, 0) is 0 Å². The van der Waals surface area contributed by atoms with Gasteiger partial charge < -0.3 is 10.5 Å². The highest BCUT2D eigenvalue weighted by atomic mass is 16.6. The number of nitrogen functional groups attached to an aromatic ring is 1. The summed E-state index contributed by atoms with van der Waals surface area (Å²) in [7, 11) is 0. The highest BCUT2D eigenvalue weighted by Crippen LogP contribution is 2.26. The topological polar surface area (TPSA) is 78.4 Å². The summed E-state index contributed by atoms with van der Waals surface area (Å²) in [6.45, 7) is 2.79. The van der Waals surface area contributed by atoms with Crippen molar-refractivity contribution < 1.29 is 9.66 Å². The summed E-state index contributed by atoms with van der Waals surface area (Å²) >= 11 is 0. The molecule has 0 spiro atoms. The summed E-state index contributed by atoms with van der Waals surface area (Å²) in [5.41, 5.74) is 6.22. The Morgan fingerprint density at radius 1 is 1.05 bits per heavy atom. The van der Waals surface area contributed by atoms with Gasteiger partial charge in [0.05, 0.1) is 23.3 Å². The van der Waals surface area contributed by atoms with Crippen LogP contribution in [0.4, 0.5) is 11.4 Å². The number of benzene rings is 1. The molecule has 0 fully saturated rings. The maximum Gasteiger partial charge on any atom is 0.273 e. The van der Waals surface area contributed by atoms with Gasteiger partial charge in [-0.25, -0.2) is 0 Å². The molecule has 0 bridgehead atoms. The number of nitrogens with zero attached hydrogens (tertiary/aromatic N) is 1. The van der Waals surface area contributed by atoms with Crippen molar-refractivity contribution in [2.45, 2.75) is 64.7 Å². The zero-order valence-electron chi connectivity index (χ0n) is 13.6. The van der Waals surface area contributed by atoms with Gasteiger partial charge in [-0.15, -0.1) is 0 Å². The number of ether oxygens (including phenoxy) is 1. The van der Waals surface area contributed by atoms with Crippen molar-refractivity contribution in [1.82, 2.24) is 0 Å². The molecule has 0 aliphatic carbocycles. The van der Waals surface area contributed by atoms with Crippen LogP contribution in [0.5, 0.6) is 5.75 Å². The zero-order valence-corrected chi connectivity index (χ0v) is 13.6. The molecule has 0 atom stereocenters. The molecule has 0 aliphatic heterocycles. The molecular formula is C17H28N2O3. The number of rotatable bonds is 12. The van der Waals surface area contributed by atoms with Crippen LogP contribution >= 0.6 is 0 Å². The molecule has 22 heavy (non-hydrogen) atoms. The molecule has 1 aromatic carbocycles. The van der Waals surface area contributed by atoms with Crippen molar-refractivity contribution in [2.24, 2.45) is 0 Å². The van der Waals surface area contributed by atoms with E-state index in [1.165, 1.54) is 63.1 Å². The molecule has 0 radical (unpaired) electrons. The van der Waals surface area contributed by atoms with E-state index in [4.69, 9.17) is 10.5 Å². The molecule has 0 unspecified atom stereocenters. The molecule has 0 aromatic heterocycles. The Labute approximate surface area is 133 Å². The van der Waals surface area contributed by atoms with Crippen molar-refractivity contribution in [1.29, 1.82) is 0 Å². The molecule has 5 heteroatoms. The van der Waals surface area contributed by atoms with E-state index in [1.54, 1.807) is 0 Å². The van der Waals surface area contributed by atoms with Gasteiger partial charge in [0, 0.05) is 6.07 Å². The van der Waals surface area contributed by atoms with Crippen LogP contribution in [0.3, 0.4) is 0 Å². The van der Waals surface area contributed by atoms with Crippen molar-refractivity contribution in [2.75, 3.05) is 12.3 Å². The van der Waals surface area contributed by atoms with Crippen LogP contribution in [0.15, 0.2) is 18.2 Å². The zero-order chi connectivity index (χ0) is 16.2. The van der Waals surface area contributed by atoms with E-state index in [0.29, 0.717) is 18.0 Å². The first-order valence-electron chi connectivity index (χ1n) is 8.32. The summed E-state index contributed by atoms with van der Waals surface area (Å²) in [4.78, 5) is 10.3. The second-order valence-corrected chi connectivity index (χ2v) is 5.66. The lowest BCUT2D eigenvalue weighted by Crippen LogP contribution is -2.01. The van der Waals surface area contributed by atoms with Gasteiger partial charge in [-0.2, -0.15) is 0 Å². The van der Waals surface area contributed by atoms with E-state index in [9.17, 15) is 10.1 Å². The molecule has 1 rings (SSSR count). The second kappa shape index (κ2) is 10.9. The molecule has 124 valence electrons. The number of hydrogen-bond donors (Lipinski definition) is 1. The Morgan fingerprint density at radius 2 is 1.64 bits per heavy atom. The predicted octanol–water partition coefficient (Wildman–Crippen LogP) is 5.09. The number of nitro groups is 1. The monoisotopic (exact) mass is 308 g/mol. The first-order valence-corrected chi connectivity index (χ1v) is 8.32. The van der Waals surface area contributed by atoms with Gasteiger partial charge in [0.2, 0.25) is 0 Å². The van der Waals surface area contributed by atoms with E-state index in [1.807, 2.05) is 0 Å². The molecule has 0 saturated carbocycles. The number of nitrogens with two attached hydrogens (primary N) is 1. The Morgan fingerprint density at radius 3 is 2.23 bits per heavy atom. The van der Waals surface area contributed by atoms with Gasteiger partial charge >= 0.3 is 0 Å². The van der Waals surface area contributed by atoms with Gasteiger partial charge in [0.1, 0.15) is 5.75 Å². The average Bonchev–Trinajstić information content (AvgIpc) is 2.50. The number of non-ortho nitro benzene ring substituents is 1. The van der Waals surface area contributed by atoms with E-state index in [0.717, 1.165) is 12.8 Å². The third kappa shape index (κ3) is 7.29. The van der Waals surface area contributed by atoms with Crippen molar-refractivity contribution in [3.05, 3.63) is 28.3 Å². The molecule has 1 aromatic rings. The molecule has 5 nitrogen and oxygen atoms in total. The first-order chi connectivity index (χ1) is 10.6. The first kappa shape index (κ1) is 18.3. The lowest BCUT2D eigenvalue weighted by Gasteiger charge is -2.08. The molecular weight excluding hydrogens is 280 g/mol.